The Kier molecular flexibility index (Phi) is 43.8. The molecule has 8 heterocycles. The molecule has 14 aromatic rings. The van der Waals surface area contributed by atoms with Crippen molar-refractivity contribution in [1.82, 2.24) is 78.1 Å². The quantitative estimate of drug-likeness (QED) is 0.00438. The summed E-state index contributed by atoms with van der Waals surface area (Å²) < 4.78 is 165. The van der Waals surface area contributed by atoms with Gasteiger partial charge in [0.05, 0.1) is 84.8 Å². The van der Waals surface area contributed by atoms with Crippen molar-refractivity contribution in [3.63, 3.8) is 0 Å². The highest BCUT2D eigenvalue weighted by molar-refractivity contribution is 7.54. The minimum Gasteiger partial charge on any atom is -0.434 e. The number of hydrogen-bond donors (Lipinski definition) is 8. The molecule has 1 aliphatic carbocycles. The molecule has 802 valence electrons. The number of nitrogens with zero attached hydrogens (tertiary/aromatic N) is 12. The number of anilines is 4. The molecule has 4 unspecified atom stereocenters. The first-order valence-corrected chi connectivity index (χ1v) is 53.5. The van der Waals surface area contributed by atoms with E-state index in [2.05, 4.69) is 59.8 Å². The lowest BCUT2D eigenvalue weighted by molar-refractivity contribution is -0.0213. The first-order valence-electron chi connectivity index (χ1n) is 45.1. The van der Waals surface area contributed by atoms with E-state index in [9.17, 15) is 56.6 Å². The molecule has 1 fully saturated rings. The van der Waals surface area contributed by atoms with Crippen LogP contribution in [0.1, 0.15) is 67.3 Å². The van der Waals surface area contributed by atoms with E-state index in [0.29, 0.717) is 42.3 Å². The van der Waals surface area contributed by atoms with E-state index >= 15 is 0 Å². The van der Waals surface area contributed by atoms with Crippen LogP contribution in [0.3, 0.4) is 0 Å². The normalized spacial score (nSPS) is 13.5. The highest BCUT2D eigenvalue weighted by atomic mass is 35.5. The van der Waals surface area contributed by atoms with Crippen molar-refractivity contribution >= 4 is 170 Å². The van der Waals surface area contributed by atoms with E-state index in [-0.39, 0.29) is 178 Å². The third kappa shape index (κ3) is 37.7. The molecule has 6 aromatic carbocycles. The van der Waals surface area contributed by atoms with Crippen molar-refractivity contribution < 1.29 is 130 Å². The second-order valence-electron chi connectivity index (χ2n) is 32.1. The molecule has 0 spiro atoms. The van der Waals surface area contributed by atoms with Crippen molar-refractivity contribution in [3.8, 4) is 11.5 Å². The van der Waals surface area contributed by atoms with E-state index in [4.69, 9.17) is 162 Å². The van der Waals surface area contributed by atoms with Gasteiger partial charge < -0.3 is 116 Å². The zero-order valence-corrected chi connectivity index (χ0v) is 86.7. The molecular weight excluding hydrogens is 2140 g/mol. The van der Waals surface area contributed by atoms with Gasteiger partial charge in [0.15, 0.2) is 44.7 Å². The van der Waals surface area contributed by atoms with E-state index in [1.807, 2.05) is 20.8 Å². The molecular formula is C90H102Cl4N20O32P4. The summed E-state index contributed by atoms with van der Waals surface area (Å²) in [6.45, 7) is 3.74. The number of nitrogens with two attached hydrogens (primary N) is 4. The summed E-state index contributed by atoms with van der Waals surface area (Å²) in [5.41, 5.74) is 25.8. The molecule has 15 rings (SSSR count). The number of nitrogen functional groups attached to an aromatic ring is 4. The topological polar surface area (TPSA) is 680 Å². The van der Waals surface area contributed by atoms with E-state index in [0.717, 1.165) is 31.2 Å². The van der Waals surface area contributed by atoms with Crippen molar-refractivity contribution in [2.24, 2.45) is 5.92 Å². The number of ether oxygens (including phenoxy) is 12. The fourth-order valence-corrected chi connectivity index (χ4v) is 18.4. The summed E-state index contributed by atoms with van der Waals surface area (Å²) in [6, 6.07) is 42.2. The van der Waals surface area contributed by atoms with E-state index in [1.54, 1.807) is 170 Å². The number of carbonyl (C=O) groups is 4. The van der Waals surface area contributed by atoms with Crippen LogP contribution in [-0.4, -0.2) is 194 Å². The van der Waals surface area contributed by atoms with Crippen LogP contribution in [0.15, 0.2) is 196 Å². The van der Waals surface area contributed by atoms with Crippen molar-refractivity contribution in [2.45, 2.75) is 105 Å². The van der Waals surface area contributed by atoms with E-state index in [1.165, 1.54) is 25.3 Å². The van der Waals surface area contributed by atoms with Crippen LogP contribution in [-0.2, 0) is 154 Å². The first-order chi connectivity index (χ1) is 72.0. The fraction of sp³-hybridized carbons (Fsp3) is 0.333. The molecule has 1 aliphatic rings. The Morgan fingerprint density at radius 3 is 0.953 bits per heavy atom. The van der Waals surface area contributed by atoms with Gasteiger partial charge in [-0.1, -0.05) is 145 Å². The maximum atomic E-state index is 13.4. The van der Waals surface area contributed by atoms with Crippen molar-refractivity contribution in [1.29, 1.82) is 0 Å². The van der Waals surface area contributed by atoms with Gasteiger partial charge in [-0.25, -0.2) is 39.1 Å². The van der Waals surface area contributed by atoms with Gasteiger partial charge >= 0.3 is 55.0 Å². The van der Waals surface area contributed by atoms with Gasteiger partial charge in [0.25, 0.3) is 22.2 Å². The Morgan fingerprint density at radius 2 is 0.660 bits per heavy atom. The molecule has 60 heteroatoms. The lowest BCUT2D eigenvalue weighted by Gasteiger charge is -2.19. The minimum atomic E-state index is -3.93. The fourth-order valence-electron chi connectivity index (χ4n) is 13.0. The Hall–Kier alpha value is -13.4. The number of halogens is 4. The number of para-hydroxylation sites is 1. The number of nitrogens with one attached hydrogen (secondary N) is 4. The van der Waals surface area contributed by atoms with Crippen LogP contribution in [0, 0.1) is 12.8 Å². The van der Waals surface area contributed by atoms with Gasteiger partial charge in [-0.2, -0.15) is 19.9 Å². The zero-order valence-electron chi connectivity index (χ0n) is 80.1. The SMILES string of the molecule is CC(C)COC(=O)OCOP(=O)(COCCn1cnc2c(=O)[nH]c(N)nc21)OCc1cccc(Cl)c1.Cc1ccc(OC(=O)OCOP(=O)(COCCn2cnc3c(=O)[nH]c(N)nc32)OCc2cccc(Cl)c2)cc1.Nc1nc2c(ncn2CCOCP(=O)(OCOC(=O)OC2CCCC2)OCc2cccc(Cl)c2)c(=O)[nH]1.Nc1nc2c(ncn2CCOCP(=O)(OCOC(=O)Oc2ccccc2)OCc2cccc(Cl)c2)c(=O)[nH]1. The second kappa shape index (κ2) is 57.0. The average Bonchev–Trinajstić information content (AvgIpc) is 1.67. The van der Waals surface area contributed by atoms with Gasteiger partial charge in [-0.15, -0.1) is 0 Å². The van der Waals surface area contributed by atoms with E-state index < -0.39 is 130 Å². The summed E-state index contributed by atoms with van der Waals surface area (Å²) in [7, 11) is -15.6. The molecule has 0 bridgehead atoms. The monoisotopic (exact) mass is 2240 g/mol. The maximum Gasteiger partial charge on any atom is 0.515 e. The summed E-state index contributed by atoms with van der Waals surface area (Å²) in [5, 5.41) is 1.93. The Bertz CT molecular complexity index is 7350. The molecule has 0 saturated heterocycles. The number of fused-ring (bicyclic) bond motifs is 4. The standard InChI is InChI=1S/C24H25ClN5O8P.C23H23ClN5O8P.C22H27ClN5O8P.C21H27ClN5O8P/c1-16-5-7-19(8-6-16)38-24(32)35-14-37-39(33,36-12-17-3-2-4-18(25)11-17)15-34-10-9-30-13-27-20-21(30)28-23(26)29-22(20)31;24-17-6-4-5-16(11-17)12-35-38(32,36-14-34-23(31)37-18-7-2-1-3-8-18)15-33-10-9-29-13-26-19-20(29)27-22(25)28-21(19)30;23-16-5-3-4-15(10-16)11-34-37(31,35-13-33-22(30)36-17-6-1-2-7-17)14-32-9-8-28-12-25-18-19(28)26-21(24)27-20(18)29;1-14(2)9-32-21(29)33-12-35-36(30,34-10-15-4-3-5-16(22)8-15)13-31-7-6-27-11-24-17-18(27)25-20(23)26-19(17)28/h2-8,11,13H,9-10,12,14-15H2,1H3,(H3,26,28,29,31);1-8,11,13H,9-10,12,14-15H2,(H3,25,27,28,30);3-5,10,12,17H,1-2,6-9,11,13-14H2,(H3,24,26,27,29);3-5,8,11,14H,6-7,9-10,12-13H2,1-2H3,(H3,23,25,26,28). The Morgan fingerprint density at radius 1 is 0.373 bits per heavy atom. The van der Waals surface area contributed by atoms with Crippen molar-refractivity contribution in [3.05, 3.63) is 266 Å². The predicted octanol–water partition coefficient (Wildman–Crippen LogP) is 15.5. The molecule has 12 N–H and O–H groups in total. The number of hydrogen-bond acceptors (Lipinski definition) is 44. The number of carbonyl (C=O) groups excluding carboxylic acids is 4. The number of benzene rings is 6. The molecule has 0 amide bonds. The minimum absolute atomic E-state index is 0.0318. The lowest BCUT2D eigenvalue weighted by atomic mass is 10.2. The zero-order chi connectivity index (χ0) is 107. The third-order valence-corrected chi connectivity index (χ3v) is 27.1. The van der Waals surface area contributed by atoms with Crippen LogP contribution in [0.4, 0.5) is 43.0 Å². The van der Waals surface area contributed by atoms with Gasteiger partial charge in [0.1, 0.15) is 43.0 Å². The lowest BCUT2D eigenvalue weighted by Crippen LogP contribution is -2.17. The predicted molar refractivity (Wildman–Crippen MR) is 542 cm³/mol. The third-order valence-electron chi connectivity index (χ3n) is 20.1. The van der Waals surface area contributed by atoms with Crippen LogP contribution in [0.5, 0.6) is 11.5 Å². The molecule has 8 aromatic heterocycles. The summed E-state index contributed by atoms with van der Waals surface area (Å²) in [5.74, 6) is 0.475. The van der Waals surface area contributed by atoms with Gasteiger partial charge in [-0.05, 0) is 134 Å². The maximum absolute atomic E-state index is 13.4. The number of aryl methyl sites for hydroxylation is 1. The molecule has 0 radical (unpaired) electrons. The first kappa shape index (κ1) is 115. The summed E-state index contributed by atoms with van der Waals surface area (Å²) in [6.07, 6.45) is 3.28. The number of rotatable bonds is 49. The summed E-state index contributed by atoms with van der Waals surface area (Å²) >= 11 is 24.0. The smallest absolute Gasteiger partial charge is 0.434 e. The van der Waals surface area contributed by atoms with Gasteiger partial charge in [0, 0.05) is 46.3 Å². The highest BCUT2D eigenvalue weighted by Gasteiger charge is 2.33. The molecule has 0 aliphatic heterocycles. The number of H-pyrrole nitrogens is 4. The van der Waals surface area contributed by atoms with Crippen LogP contribution in [0.25, 0.3) is 44.7 Å². The Labute approximate surface area is 870 Å². The van der Waals surface area contributed by atoms with Crippen LogP contribution < -0.4 is 54.6 Å². The van der Waals surface area contributed by atoms with Gasteiger partial charge in [-0.3, -0.25) is 75.5 Å². The largest absolute Gasteiger partial charge is 0.515 e. The van der Waals surface area contributed by atoms with Crippen molar-refractivity contribution in [2.75, 3.05) is 109 Å². The molecule has 150 heavy (non-hydrogen) atoms. The molecule has 1 saturated carbocycles. The number of aromatic nitrogens is 16. The van der Waals surface area contributed by atoms with Crippen LogP contribution in [0.2, 0.25) is 20.1 Å². The average molecular weight is 2240 g/mol. The second-order valence-corrected chi connectivity index (χ2v) is 41.8. The van der Waals surface area contributed by atoms with Crippen LogP contribution >= 0.6 is 76.8 Å². The number of aromatic amines is 4. The van der Waals surface area contributed by atoms with Gasteiger partial charge in [0.2, 0.25) is 51.0 Å². The molecule has 4 atom stereocenters. The number of imidazole rings is 4. The molecule has 52 nitrogen and oxygen atoms in total. The summed E-state index contributed by atoms with van der Waals surface area (Å²) in [4.78, 5) is 137. The highest BCUT2D eigenvalue weighted by Crippen LogP contribution is 2.52. The Balaban J connectivity index is 0.000000177.